The van der Waals surface area contributed by atoms with Crippen molar-refractivity contribution >= 4 is 5.82 Å². The molecule has 120 valence electrons. The average molecular weight is 323 g/mol. The number of hydrogen-bond donors (Lipinski definition) is 1. The molecule has 0 saturated heterocycles. The third kappa shape index (κ3) is 3.12. The lowest BCUT2D eigenvalue weighted by Gasteiger charge is -2.11. The van der Waals surface area contributed by atoms with E-state index in [1.807, 2.05) is 48.5 Å². The lowest BCUT2D eigenvalue weighted by molar-refractivity contribution is 1.28. The Kier molecular flexibility index (Phi) is 3.97. The maximum absolute atomic E-state index is 6.08. The normalized spacial score (nSPS) is 10.6. The Balaban J connectivity index is 1.94. The number of nitrogens with two attached hydrogens (primary N) is 1. The molecule has 3 nitrogen and oxygen atoms in total. The molecule has 2 aromatic carbocycles. The minimum Gasteiger partial charge on any atom is -0.383 e. The molecule has 2 heterocycles. The molecule has 2 aromatic heterocycles. The zero-order chi connectivity index (χ0) is 17.1. The molecule has 0 bridgehead atoms. The number of nitrogen functional groups attached to an aromatic ring is 1. The van der Waals surface area contributed by atoms with Crippen LogP contribution >= 0.6 is 0 Å². The van der Waals surface area contributed by atoms with E-state index in [2.05, 4.69) is 41.4 Å². The zero-order valence-corrected chi connectivity index (χ0v) is 13.6. The minimum absolute atomic E-state index is 0.485. The third-order valence-corrected chi connectivity index (χ3v) is 4.12. The number of rotatable bonds is 3. The Morgan fingerprint density at radius 2 is 1.24 bits per heavy atom. The van der Waals surface area contributed by atoms with Crippen molar-refractivity contribution < 1.29 is 0 Å². The maximum Gasteiger partial charge on any atom is 0.132 e. The molecular formula is C22H17N3. The van der Waals surface area contributed by atoms with Crippen LogP contribution < -0.4 is 5.73 Å². The van der Waals surface area contributed by atoms with Crippen molar-refractivity contribution in [2.24, 2.45) is 0 Å². The number of benzene rings is 2. The van der Waals surface area contributed by atoms with E-state index in [-0.39, 0.29) is 0 Å². The summed E-state index contributed by atoms with van der Waals surface area (Å²) in [5.74, 6) is 0.485. The highest BCUT2D eigenvalue weighted by molar-refractivity contribution is 5.79. The molecule has 0 spiro atoms. The van der Waals surface area contributed by atoms with Crippen molar-refractivity contribution in [3.63, 3.8) is 0 Å². The highest BCUT2D eigenvalue weighted by atomic mass is 14.8. The summed E-state index contributed by atoms with van der Waals surface area (Å²) in [6.45, 7) is 0. The molecule has 0 atom stereocenters. The van der Waals surface area contributed by atoms with Gasteiger partial charge in [-0.25, -0.2) is 9.97 Å². The molecule has 0 aliphatic rings. The molecule has 3 heteroatoms. The number of pyridine rings is 2. The van der Waals surface area contributed by atoms with Crippen LogP contribution in [0.3, 0.4) is 0 Å². The smallest absolute Gasteiger partial charge is 0.132 e. The van der Waals surface area contributed by atoms with E-state index >= 15 is 0 Å². The van der Waals surface area contributed by atoms with Gasteiger partial charge in [-0.15, -0.1) is 0 Å². The van der Waals surface area contributed by atoms with Crippen molar-refractivity contribution in [3.8, 4) is 33.6 Å². The Morgan fingerprint density at radius 3 is 1.92 bits per heavy atom. The summed E-state index contributed by atoms with van der Waals surface area (Å²) in [5.41, 5.74) is 12.0. The number of nitrogens with zero attached hydrogens (tertiary/aromatic N) is 2. The third-order valence-electron chi connectivity index (χ3n) is 4.12. The second-order valence-corrected chi connectivity index (χ2v) is 5.79. The first-order chi connectivity index (χ1) is 12.3. The maximum atomic E-state index is 6.08. The van der Waals surface area contributed by atoms with Crippen LogP contribution in [0.25, 0.3) is 33.6 Å². The van der Waals surface area contributed by atoms with Gasteiger partial charge in [0.2, 0.25) is 0 Å². The zero-order valence-electron chi connectivity index (χ0n) is 13.6. The van der Waals surface area contributed by atoms with Gasteiger partial charge in [0.1, 0.15) is 5.82 Å². The van der Waals surface area contributed by atoms with Gasteiger partial charge in [-0.3, -0.25) is 0 Å². The fraction of sp³-hybridized carbons (Fsp3) is 0. The molecule has 4 aromatic rings. The summed E-state index contributed by atoms with van der Waals surface area (Å²) in [5, 5.41) is 0. The van der Waals surface area contributed by atoms with Gasteiger partial charge in [-0.1, -0.05) is 60.7 Å². The van der Waals surface area contributed by atoms with Gasteiger partial charge >= 0.3 is 0 Å². The van der Waals surface area contributed by atoms with Gasteiger partial charge in [0.15, 0.2) is 0 Å². The molecule has 0 saturated carbocycles. The summed E-state index contributed by atoms with van der Waals surface area (Å²) in [6.07, 6.45) is 1.69. The van der Waals surface area contributed by atoms with Gasteiger partial charge in [0, 0.05) is 17.3 Å². The molecule has 0 unspecified atom stereocenters. The van der Waals surface area contributed by atoms with E-state index < -0.39 is 0 Å². The highest BCUT2D eigenvalue weighted by Crippen LogP contribution is 2.31. The van der Waals surface area contributed by atoms with Crippen molar-refractivity contribution in [2.75, 3.05) is 5.73 Å². The van der Waals surface area contributed by atoms with Gasteiger partial charge in [-0.2, -0.15) is 0 Å². The first-order valence-electron chi connectivity index (χ1n) is 8.15. The Labute approximate surface area is 146 Å². The van der Waals surface area contributed by atoms with E-state index in [1.54, 1.807) is 6.20 Å². The SMILES string of the molecule is Nc1ncccc1-c1cc(-c2ccccc2)cc(-c2ccccc2)n1. The molecule has 0 aliphatic heterocycles. The van der Waals surface area contributed by atoms with Crippen LogP contribution in [0, 0.1) is 0 Å². The van der Waals surface area contributed by atoms with E-state index in [9.17, 15) is 0 Å². The highest BCUT2D eigenvalue weighted by Gasteiger charge is 2.10. The minimum atomic E-state index is 0.485. The first kappa shape index (κ1) is 15.1. The Bertz CT molecular complexity index is 938. The quantitative estimate of drug-likeness (QED) is 0.573. The Morgan fingerprint density at radius 1 is 0.600 bits per heavy atom. The number of hydrogen-bond acceptors (Lipinski definition) is 3. The fourth-order valence-corrected chi connectivity index (χ4v) is 2.86. The summed E-state index contributed by atoms with van der Waals surface area (Å²) >= 11 is 0. The monoisotopic (exact) mass is 323 g/mol. The van der Waals surface area contributed by atoms with Crippen LogP contribution in [0.15, 0.2) is 91.1 Å². The second-order valence-electron chi connectivity index (χ2n) is 5.79. The molecule has 0 amide bonds. The van der Waals surface area contributed by atoms with Crippen molar-refractivity contribution in [2.45, 2.75) is 0 Å². The van der Waals surface area contributed by atoms with E-state index in [1.165, 1.54) is 0 Å². The van der Waals surface area contributed by atoms with Gasteiger partial charge in [0.25, 0.3) is 0 Å². The van der Waals surface area contributed by atoms with Gasteiger partial charge in [0.05, 0.1) is 11.4 Å². The van der Waals surface area contributed by atoms with E-state index in [0.717, 1.165) is 33.6 Å². The summed E-state index contributed by atoms with van der Waals surface area (Å²) < 4.78 is 0. The van der Waals surface area contributed by atoms with Crippen molar-refractivity contribution in [1.82, 2.24) is 9.97 Å². The van der Waals surface area contributed by atoms with Crippen LogP contribution in [0.5, 0.6) is 0 Å². The van der Waals surface area contributed by atoms with Crippen LogP contribution in [-0.4, -0.2) is 9.97 Å². The molecule has 25 heavy (non-hydrogen) atoms. The van der Waals surface area contributed by atoms with Gasteiger partial charge < -0.3 is 5.73 Å². The van der Waals surface area contributed by atoms with E-state index in [4.69, 9.17) is 10.7 Å². The molecule has 0 aliphatic carbocycles. The van der Waals surface area contributed by atoms with Crippen LogP contribution in [-0.2, 0) is 0 Å². The molecule has 2 N–H and O–H groups in total. The lowest BCUT2D eigenvalue weighted by atomic mass is 10.0. The summed E-state index contributed by atoms with van der Waals surface area (Å²) in [4.78, 5) is 9.04. The fourth-order valence-electron chi connectivity index (χ4n) is 2.86. The molecule has 4 rings (SSSR count). The molecule has 0 fully saturated rings. The standard InChI is InChI=1S/C22H17N3/c23-22-19(12-7-13-24-22)21-15-18(16-8-3-1-4-9-16)14-20(25-21)17-10-5-2-6-11-17/h1-15H,(H2,23,24). The number of aromatic nitrogens is 2. The predicted octanol–water partition coefficient (Wildman–Crippen LogP) is 5.06. The predicted molar refractivity (Wildman–Crippen MR) is 103 cm³/mol. The molecular weight excluding hydrogens is 306 g/mol. The van der Waals surface area contributed by atoms with Crippen LogP contribution in [0.4, 0.5) is 5.82 Å². The number of anilines is 1. The summed E-state index contributed by atoms with van der Waals surface area (Å²) in [7, 11) is 0. The Hall–Kier alpha value is -3.46. The second kappa shape index (κ2) is 6.57. The van der Waals surface area contributed by atoms with Gasteiger partial charge in [-0.05, 0) is 35.4 Å². The first-order valence-corrected chi connectivity index (χ1v) is 8.15. The van der Waals surface area contributed by atoms with Crippen molar-refractivity contribution in [3.05, 3.63) is 91.1 Å². The average Bonchev–Trinajstić information content (AvgIpc) is 2.69. The van der Waals surface area contributed by atoms with Crippen LogP contribution in [0.2, 0.25) is 0 Å². The van der Waals surface area contributed by atoms with Crippen LogP contribution in [0.1, 0.15) is 0 Å². The molecule has 0 radical (unpaired) electrons. The largest absolute Gasteiger partial charge is 0.383 e. The summed E-state index contributed by atoms with van der Waals surface area (Å²) in [6, 6.07) is 28.5. The lowest BCUT2D eigenvalue weighted by Crippen LogP contribution is -1.96. The van der Waals surface area contributed by atoms with Crippen molar-refractivity contribution in [1.29, 1.82) is 0 Å². The topological polar surface area (TPSA) is 51.8 Å². The van der Waals surface area contributed by atoms with E-state index in [0.29, 0.717) is 5.82 Å².